The van der Waals surface area contributed by atoms with Crippen molar-refractivity contribution in [3.63, 3.8) is 0 Å². The fraction of sp³-hybridized carbons (Fsp3) is 0.444. The summed E-state index contributed by atoms with van der Waals surface area (Å²) in [6, 6.07) is 13.7. The zero-order valence-corrected chi connectivity index (χ0v) is 19.8. The number of benzene rings is 2. The zero-order valence-electron chi connectivity index (χ0n) is 19.8. The Bertz CT molecular complexity index is 1260. The van der Waals surface area contributed by atoms with Crippen molar-refractivity contribution in [1.82, 2.24) is 15.4 Å². The van der Waals surface area contributed by atoms with Gasteiger partial charge in [-0.25, -0.2) is 0 Å². The first-order valence-corrected chi connectivity index (χ1v) is 12.6. The number of hydrogen-bond donors (Lipinski definition) is 2. The lowest BCUT2D eigenvalue weighted by molar-refractivity contribution is -0.117. The predicted octanol–water partition coefficient (Wildman–Crippen LogP) is 3.32. The first kappa shape index (κ1) is 22.1. The standard InChI is InChI=1S/C27H31N5O3/c28-25-22-14-19(3-8-23(22)35-30-25)26(34)29-15-18-13-24(33)32(16-18)21-6-4-20(5-7-21)27(9-10-27)17-31-11-1-2-12-31/h3-8,14,18H,1-2,9-13,15-17H2,(H2,28,30)(H,29,34). The number of hydrogen-bond acceptors (Lipinski definition) is 6. The molecule has 3 aliphatic rings. The van der Waals surface area contributed by atoms with E-state index in [1.54, 1.807) is 18.2 Å². The molecule has 1 atom stereocenters. The summed E-state index contributed by atoms with van der Waals surface area (Å²) >= 11 is 0. The van der Waals surface area contributed by atoms with Crippen molar-refractivity contribution in [2.24, 2.45) is 5.92 Å². The second kappa shape index (κ2) is 8.68. The van der Waals surface area contributed by atoms with Crippen LogP contribution < -0.4 is 16.0 Å². The van der Waals surface area contributed by atoms with Crippen LogP contribution in [0.1, 0.15) is 48.0 Å². The molecule has 2 aliphatic heterocycles. The molecule has 1 aromatic heterocycles. The lowest BCUT2D eigenvalue weighted by Gasteiger charge is -2.24. The maximum absolute atomic E-state index is 12.8. The van der Waals surface area contributed by atoms with E-state index in [9.17, 15) is 9.59 Å². The molecule has 0 radical (unpaired) electrons. The summed E-state index contributed by atoms with van der Waals surface area (Å²) in [7, 11) is 0. The van der Waals surface area contributed by atoms with Crippen molar-refractivity contribution in [3.8, 4) is 0 Å². The first-order chi connectivity index (χ1) is 17.0. The fourth-order valence-electron chi connectivity index (χ4n) is 5.66. The molecule has 8 nitrogen and oxygen atoms in total. The van der Waals surface area contributed by atoms with Crippen LogP contribution in [0.15, 0.2) is 47.0 Å². The summed E-state index contributed by atoms with van der Waals surface area (Å²) in [6.07, 6.45) is 5.57. The van der Waals surface area contributed by atoms with E-state index in [0.717, 1.165) is 12.2 Å². The van der Waals surface area contributed by atoms with Gasteiger partial charge in [-0.1, -0.05) is 17.3 Å². The van der Waals surface area contributed by atoms with E-state index >= 15 is 0 Å². The van der Waals surface area contributed by atoms with E-state index in [1.807, 2.05) is 4.90 Å². The lowest BCUT2D eigenvalue weighted by atomic mass is 9.95. The molecule has 1 saturated carbocycles. The minimum Gasteiger partial charge on any atom is -0.380 e. The number of carbonyl (C=O) groups excluding carboxylic acids is 2. The number of carbonyl (C=O) groups is 2. The Kier molecular flexibility index (Phi) is 5.48. The maximum Gasteiger partial charge on any atom is 0.251 e. The van der Waals surface area contributed by atoms with Gasteiger partial charge < -0.3 is 25.4 Å². The first-order valence-electron chi connectivity index (χ1n) is 12.6. The number of rotatable bonds is 7. The average Bonchev–Trinajstić information content (AvgIpc) is 3.16. The number of likely N-dealkylation sites (tertiary alicyclic amines) is 1. The molecule has 0 bridgehead atoms. The number of aromatic nitrogens is 1. The largest absolute Gasteiger partial charge is 0.380 e. The number of nitrogens with one attached hydrogen (secondary N) is 1. The van der Waals surface area contributed by atoms with Gasteiger partial charge in [0.05, 0.1) is 5.39 Å². The highest BCUT2D eigenvalue weighted by atomic mass is 16.5. The van der Waals surface area contributed by atoms with Gasteiger partial charge in [0.1, 0.15) is 0 Å². The van der Waals surface area contributed by atoms with Crippen LogP contribution >= 0.6 is 0 Å². The van der Waals surface area contributed by atoms with Crippen LogP contribution in [0.5, 0.6) is 0 Å². The summed E-state index contributed by atoms with van der Waals surface area (Å²) in [4.78, 5) is 29.9. The van der Waals surface area contributed by atoms with Crippen molar-refractivity contribution < 1.29 is 14.1 Å². The van der Waals surface area contributed by atoms with Gasteiger partial charge in [-0.3, -0.25) is 9.59 Å². The molecule has 3 N–H and O–H groups in total. The van der Waals surface area contributed by atoms with Crippen molar-refractivity contribution in [3.05, 3.63) is 53.6 Å². The van der Waals surface area contributed by atoms with E-state index in [2.05, 4.69) is 39.6 Å². The molecule has 1 aliphatic carbocycles. The Morgan fingerprint density at radius 3 is 2.66 bits per heavy atom. The molecule has 182 valence electrons. The number of amides is 2. The number of fused-ring (bicyclic) bond motifs is 1. The monoisotopic (exact) mass is 473 g/mol. The molecule has 1 unspecified atom stereocenters. The second-order valence-electron chi connectivity index (χ2n) is 10.4. The van der Waals surface area contributed by atoms with Crippen LogP contribution in [0.25, 0.3) is 11.0 Å². The summed E-state index contributed by atoms with van der Waals surface area (Å²) in [5, 5.41) is 7.31. The summed E-state index contributed by atoms with van der Waals surface area (Å²) in [5.74, 6) is 0.242. The van der Waals surface area contributed by atoms with Gasteiger partial charge in [0.2, 0.25) is 5.91 Å². The number of nitrogens with zero attached hydrogens (tertiary/aromatic N) is 3. The van der Waals surface area contributed by atoms with E-state index < -0.39 is 0 Å². The smallest absolute Gasteiger partial charge is 0.251 e. The summed E-state index contributed by atoms with van der Waals surface area (Å²) in [6.45, 7) is 4.66. The fourth-order valence-corrected chi connectivity index (χ4v) is 5.66. The maximum atomic E-state index is 12.8. The van der Waals surface area contributed by atoms with Gasteiger partial charge in [0.25, 0.3) is 5.91 Å². The van der Waals surface area contributed by atoms with Crippen LogP contribution in [0.4, 0.5) is 11.5 Å². The van der Waals surface area contributed by atoms with Crippen LogP contribution in [0.3, 0.4) is 0 Å². The molecule has 35 heavy (non-hydrogen) atoms. The quantitative estimate of drug-likeness (QED) is 0.546. The molecule has 8 heteroatoms. The van der Waals surface area contributed by atoms with Gasteiger partial charge in [0, 0.05) is 48.6 Å². The molecule has 2 amide bonds. The van der Waals surface area contributed by atoms with E-state index in [-0.39, 0.29) is 23.6 Å². The highest BCUT2D eigenvalue weighted by Crippen LogP contribution is 2.49. The van der Waals surface area contributed by atoms with Crippen molar-refractivity contribution in [2.45, 2.75) is 37.5 Å². The highest BCUT2D eigenvalue weighted by Gasteiger charge is 2.45. The van der Waals surface area contributed by atoms with Crippen LogP contribution in [0.2, 0.25) is 0 Å². The number of anilines is 2. The van der Waals surface area contributed by atoms with E-state index in [4.69, 9.17) is 10.3 Å². The highest BCUT2D eigenvalue weighted by molar-refractivity contribution is 6.00. The van der Waals surface area contributed by atoms with Crippen molar-refractivity contribution in [2.75, 3.05) is 43.4 Å². The Hall–Kier alpha value is -3.39. The third-order valence-corrected chi connectivity index (χ3v) is 7.89. The molecule has 3 fully saturated rings. The van der Waals surface area contributed by atoms with Gasteiger partial charge in [-0.05, 0) is 74.7 Å². The third kappa shape index (κ3) is 4.27. The molecular weight excluding hydrogens is 442 g/mol. The predicted molar refractivity (Wildman–Crippen MR) is 134 cm³/mol. The Labute approximate surface area is 204 Å². The minimum absolute atomic E-state index is 0.0699. The van der Waals surface area contributed by atoms with Crippen molar-refractivity contribution >= 4 is 34.3 Å². The zero-order chi connectivity index (χ0) is 24.0. The average molecular weight is 474 g/mol. The number of nitrogen functional groups attached to an aromatic ring is 1. The summed E-state index contributed by atoms with van der Waals surface area (Å²) < 4.78 is 5.10. The molecule has 6 rings (SSSR count). The van der Waals surface area contributed by atoms with Gasteiger partial charge >= 0.3 is 0 Å². The second-order valence-corrected chi connectivity index (χ2v) is 10.4. The third-order valence-electron chi connectivity index (χ3n) is 7.89. The molecule has 0 spiro atoms. The molecular formula is C27H31N5O3. The van der Waals surface area contributed by atoms with Crippen LogP contribution in [0, 0.1) is 5.92 Å². The van der Waals surface area contributed by atoms with Crippen LogP contribution in [-0.2, 0) is 10.2 Å². The molecule has 2 saturated heterocycles. The Balaban J connectivity index is 1.06. The van der Waals surface area contributed by atoms with Crippen molar-refractivity contribution in [1.29, 1.82) is 0 Å². The van der Waals surface area contributed by atoms with Gasteiger partial charge in [-0.2, -0.15) is 0 Å². The van der Waals surface area contributed by atoms with E-state index in [1.165, 1.54) is 44.3 Å². The topological polar surface area (TPSA) is 105 Å². The normalized spacial score (nSPS) is 21.7. The number of nitrogens with two attached hydrogens (primary N) is 1. The Morgan fingerprint density at radius 2 is 1.91 bits per heavy atom. The molecule has 3 heterocycles. The molecule has 2 aromatic carbocycles. The van der Waals surface area contributed by atoms with Crippen LogP contribution in [-0.4, -0.2) is 54.6 Å². The lowest BCUT2D eigenvalue weighted by Crippen LogP contribution is -2.31. The molecule has 3 aromatic rings. The minimum atomic E-state index is -0.199. The summed E-state index contributed by atoms with van der Waals surface area (Å²) in [5.41, 5.74) is 9.49. The Morgan fingerprint density at radius 1 is 1.14 bits per heavy atom. The van der Waals surface area contributed by atoms with Gasteiger partial charge in [-0.15, -0.1) is 0 Å². The SMILES string of the molecule is Nc1noc2ccc(C(=O)NCC3CC(=O)N(c4ccc(C5(CN6CCCC6)CC5)cc4)C3)cc12. The van der Waals surface area contributed by atoms with E-state index in [0.29, 0.717) is 41.5 Å². The van der Waals surface area contributed by atoms with Gasteiger partial charge in [0.15, 0.2) is 11.4 Å².